The van der Waals surface area contributed by atoms with Gasteiger partial charge in [0.15, 0.2) is 0 Å². The summed E-state index contributed by atoms with van der Waals surface area (Å²) >= 11 is 0. The fourth-order valence-corrected chi connectivity index (χ4v) is 3.41. The second kappa shape index (κ2) is 4.74. The predicted octanol–water partition coefficient (Wildman–Crippen LogP) is 3.88. The summed E-state index contributed by atoms with van der Waals surface area (Å²) in [4.78, 5) is 0. The number of benzene rings is 2. The first-order valence-electron chi connectivity index (χ1n) is 8.01. The lowest BCUT2D eigenvalue weighted by atomic mass is 9.93. The molecule has 0 amide bonds. The molecule has 0 aliphatic heterocycles. The van der Waals surface area contributed by atoms with Crippen LogP contribution in [0.5, 0.6) is 5.75 Å². The quantitative estimate of drug-likeness (QED) is 0.898. The summed E-state index contributed by atoms with van der Waals surface area (Å²) in [6.07, 6.45) is 4.07. The SMILES string of the molecule is COc1ccc2cc(C3(C)CC3CNC3CC3)ccc2c1. The molecule has 0 spiro atoms. The van der Waals surface area contributed by atoms with Gasteiger partial charge in [-0.15, -0.1) is 0 Å². The first-order chi connectivity index (χ1) is 10.2. The van der Waals surface area contributed by atoms with Crippen molar-refractivity contribution in [2.75, 3.05) is 13.7 Å². The van der Waals surface area contributed by atoms with Crippen molar-refractivity contribution < 1.29 is 4.74 Å². The van der Waals surface area contributed by atoms with Crippen LogP contribution in [0.4, 0.5) is 0 Å². The fourth-order valence-electron chi connectivity index (χ4n) is 3.41. The fraction of sp³-hybridized carbons (Fsp3) is 0.474. The van der Waals surface area contributed by atoms with Crippen molar-refractivity contribution in [3.8, 4) is 5.75 Å². The number of hydrogen-bond donors (Lipinski definition) is 1. The average Bonchev–Trinajstić information content (AvgIpc) is 3.41. The summed E-state index contributed by atoms with van der Waals surface area (Å²) in [5.41, 5.74) is 1.86. The normalized spacial score (nSPS) is 27.8. The topological polar surface area (TPSA) is 21.3 Å². The molecule has 0 bridgehead atoms. The second-order valence-corrected chi connectivity index (χ2v) is 6.93. The van der Waals surface area contributed by atoms with E-state index in [1.54, 1.807) is 7.11 Å². The minimum atomic E-state index is 0.371. The van der Waals surface area contributed by atoms with Gasteiger partial charge in [0.1, 0.15) is 5.75 Å². The van der Waals surface area contributed by atoms with Crippen molar-refractivity contribution in [1.82, 2.24) is 5.32 Å². The Kier molecular flexibility index (Phi) is 2.97. The highest BCUT2D eigenvalue weighted by molar-refractivity contribution is 5.85. The Bertz CT molecular complexity index is 676. The van der Waals surface area contributed by atoms with Crippen LogP contribution in [-0.2, 0) is 5.41 Å². The van der Waals surface area contributed by atoms with E-state index in [2.05, 4.69) is 42.6 Å². The van der Waals surface area contributed by atoms with Crippen LogP contribution in [0.25, 0.3) is 10.8 Å². The summed E-state index contributed by atoms with van der Waals surface area (Å²) in [6, 6.07) is 14.1. The summed E-state index contributed by atoms with van der Waals surface area (Å²) in [7, 11) is 1.72. The van der Waals surface area contributed by atoms with Gasteiger partial charge in [-0.3, -0.25) is 0 Å². The smallest absolute Gasteiger partial charge is 0.119 e. The van der Waals surface area contributed by atoms with Gasteiger partial charge in [0.2, 0.25) is 0 Å². The molecule has 21 heavy (non-hydrogen) atoms. The van der Waals surface area contributed by atoms with Crippen molar-refractivity contribution in [2.24, 2.45) is 5.92 Å². The highest BCUT2D eigenvalue weighted by Crippen LogP contribution is 2.54. The Morgan fingerprint density at radius 3 is 2.67 bits per heavy atom. The highest BCUT2D eigenvalue weighted by atomic mass is 16.5. The monoisotopic (exact) mass is 281 g/mol. The molecule has 2 heteroatoms. The largest absolute Gasteiger partial charge is 0.497 e. The van der Waals surface area contributed by atoms with E-state index < -0.39 is 0 Å². The molecule has 0 saturated heterocycles. The molecule has 2 aliphatic carbocycles. The molecule has 110 valence electrons. The Hall–Kier alpha value is -1.54. The number of nitrogens with one attached hydrogen (secondary N) is 1. The first kappa shape index (κ1) is 13.1. The van der Waals surface area contributed by atoms with Crippen LogP contribution in [0.15, 0.2) is 36.4 Å². The zero-order valence-corrected chi connectivity index (χ0v) is 12.9. The summed E-state index contributed by atoms with van der Waals surface area (Å²) < 4.78 is 5.30. The van der Waals surface area contributed by atoms with Crippen molar-refractivity contribution in [3.05, 3.63) is 42.0 Å². The summed E-state index contributed by atoms with van der Waals surface area (Å²) in [5.74, 6) is 1.73. The molecule has 2 aliphatic rings. The van der Waals surface area contributed by atoms with Crippen molar-refractivity contribution in [3.63, 3.8) is 0 Å². The maximum atomic E-state index is 5.30. The van der Waals surface area contributed by atoms with Crippen LogP contribution in [0.1, 0.15) is 31.7 Å². The zero-order chi connectivity index (χ0) is 14.4. The van der Waals surface area contributed by atoms with Gasteiger partial charge in [-0.2, -0.15) is 0 Å². The maximum Gasteiger partial charge on any atom is 0.119 e. The van der Waals surface area contributed by atoms with E-state index >= 15 is 0 Å². The van der Waals surface area contributed by atoms with E-state index in [1.165, 1.54) is 42.1 Å². The van der Waals surface area contributed by atoms with Gasteiger partial charge in [0.25, 0.3) is 0 Å². The van der Waals surface area contributed by atoms with E-state index in [1.807, 2.05) is 6.07 Å². The average molecular weight is 281 g/mol. The van der Waals surface area contributed by atoms with Crippen molar-refractivity contribution in [2.45, 2.75) is 37.6 Å². The molecule has 2 fully saturated rings. The molecule has 4 rings (SSSR count). The second-order valence-electron chi connectivity index (χ2n) is 6.93. The third-order valence-electron chi connectivity index (χ3n) is 5.35. The van der Waals surface area contributed by atoms with E-state index in [4.69, 9.17) is 4.74 Å². The number of methoxy groups -OCH3 is 1. The summed E-state index contributed by atoms with van der Waals surface area (Å²) in [5, 5.41) is 6.25. The molecular weight excluding hydrogens is 258 g/mol. The zero-order valence-electron chi connectivity index (χ0n) is 12.9. The van der Waals surface area contributed by atoms with E-state index in [9.17, 15) is 0 Å². The van der Waals surface area contributed by atoms with Gasteiger partial charge in [0, 0.05) is 6.04 Å². The lowest BCUT2D eigenvalue weighted by Gasteiger charge is -2.14. The highest BCUT2D eigenvalue weighted by Gasteiger charge is 2.51. The molecule has 0 heterocycles. The number of fused-ring (bicyclic) bond motifs is 1. The van der Waals surface area contributed by atoms with E-state index in [-0.39, 0.29) is 0 Å². The van der Waals surface area contributed by atoms with Crippen LogP contribution >= 0.6 is 0 Å². The molecular formula is C19H23NO. The van der Waals surface area contributed by atoms with Crippen LogP contribution in [0.2, 0.25) is 0 Å². The molecule has 0 aromatic heterocycles. The van der Waals surface area contributed by atoms with Gasteiger partial charge in [-0.05, 0) is 65.6 Å². The lowest BCUT2D eigenvalue weighted by molar-refractivity contribution is 0.415. The Morgan fingerprint density at radius 1 is 1.14 bits per heavy atom. The minimum Gasteiger partial charge on any atom is -0.497 e. The van der Waals surface area contributed by atoms with Crippen LogP contribution in [0, 0.1) is 5.92 Å². The van der Waals surface area contributed by atoms with Crippen molar-refractivity contribution >= 4 is 10.8 Å². The molecule has 0 radical (unpaired) electrons. The third-order valence-corrected chi connectivity index (χ3v) is 5.35. The molecule has 2 aromatic carbocycles. The van der Waals surface area contributed by atoms with Crippen LogP contribution in [0.3, 0.4) is 0 Å². The van der Waals surface area contributed by atoms with Gasteiger partial charge in [0.05, 0.1) is 7.11 Å². The Labute approximate surface area is 126 Å². The van der Waals surface area contributed by atoms with Gasteiger partial charge < -0.3 is 10.1 Å². The minimum absolute atomic E-state index is 0.371. The van der Waals surface area contributed by atoms with Crippen LogP contribution in [-0.4, -0.2) is 19.7 Å². The lowest BCUT2D eigenvalue weighted by Crippen LogP contribution is -2.22. The summed E-state index contributed by atoms with van der Waals surface area (Å²) in [6.45, 7) is 3.60. The third kappa shape index (κ3) is 2.42. The van der Waals surface area contributed by atoms with E-state index in [0.717, 1.165) is 17.7 Å². The van der Waals surface area contributed by atoms with Crippen LogP contribution < -0.4 is 10.1 Å². The molecule has 2 nitrogen and oxygen atoms in total. The van der Waals surface area contributed by atoms with Gasteiger partial charge >= 0.3 is 0 Å². The number of ether oxygens (including phenoxy) is 1. The molecule has 1 N–H and O–H groups in total. The standard InChI is InChI=1S/C19H23NO/c1-19(11-16(19)12-20-17-6-7-17)15-5-3-14-10-18(21-2)8-4-13(14)9-15/h3-5,8-10,16-17,20H,6-7,11-12H2,1-2H3. The molecule has 2 unspecified atom stereocenters. The van der Waals surface area contributed by atoms with Gasteiger partial charge in [-0.1, -0.05) is 31.2 Å². The number of hydrogen-bond acceptors (Lipinski definition) is 2. The first-order valence-corrected chi connectivity index (χ1v) is 8.01. The number of rotatable bonds is 5. The molecule has 2 aromatic rings. The van der Waals surface area contributed by atoms with Gasteiger partial charge in [-0.25, -0.2) is 0 Å². The van der Waals surface area contributed by atoms with Crippen molar-refractivity contribution in [1.29, 1.82) is 0 Å². The Balaban J connectivity index is 1.56. The predicted molar refractivity (Wildman–Crippen MR) is 87.0 cm³/mol. The van der Waals surface area contributed by atoms with E-state index in [0.29, 0.717) is 5.41 Å². The maximum absolute atomic E-state index is 5.30. The Morgan fingerprint density at radius 2 is 1.90 bits per heavy atom. The molecule has 2 atom stereocenters. The molecule has 2 saturated carbocycles.